The van der Waals surface area contributed by atoms with E-state index in [4.69, 9.17) is 0 Å². The molecule has 0 aliphatic carbocycles. The number of hydrogen-bond acceptors (Lipinski definition) is 3. The van der Waals surface area contributed by atoms with Crippen LogP contribution >= 0.6 is 0 Å². The van der Waals surface area contributed by atoms with Crippen LogP contribution < -0.4 is 10.6 Å². The van der Waals surface area contributed by atoms with E-state index >= 15 is 0 Å². The first kappa shape index (κ1) is 12.0. The molecule has 86 valence electrons. The van der Waals surface area contributed by atoms with Gasteiger partial charge in [0, 0.05) is 20.1 Å². The highest BCUT2D eigenvalue weighted by atomic mass is 16.2. The zero-order valence-electron chi connectivity index (χ0n) is 9.38. The highest BCUT2D eigenvalue weighted by Crippen LogP contribution is 2.06. The van der Waals surface area contributed by atoms with Crippen molar-refractivity contribution in [3.05, 3.63) is 0 Å². The molecule has 0 saturated carbocycles. The van der Waals surface area contributed by atoms with E-state index in [1.54, 1.807) is 11.9 Å². The average Bonchev–Trinajstić information content (AvgIpc) is 2.77. The Morgan fingerprint density at radius 2 is 2.27 bits per heavy atom. The van der Waals surface area contributed by atoms with Crippen molar-refractivity contribution in [1.82, 2.24) is 15.5 Å². The fourth-order valence-corrected chi connectivity index (χ4v) is 1.50. The van der Waals surface area contributed by atoms with Gasteiger partial charge in [0.2, 0.25) is 11.8 Å². The summed E-state index contributed by atoms with van der Waals surface area (Å²) in [5, 5.41) is 5.79. The minimum Gasteiger partial charge on any atom is -0.347 e. The Hall–Kier alpha value is -1.10. The van der Waals surface area contributed by atoms with E-state index in [0.29, 0.717) is 6.54 Å². The molecule has 5 nitrogen and oxygen atoms in total. The van der Waals surface area contributed by atoms with Crippen molar-refractivity contribution in [2.45, 2.75) is 13.3 Å². The predicted octanol–water partition coefficient (Wildman–Crippen LogP) is -0.810. The molecule has 15 heavy (non-hydrogen) atoms. The summed E-state index contributed by atoms with van der Waals surface area (Å²) in [6.45, 7) is 4.30. The van der Waals surface area contributed by atoms with Gasteiger partial charge in [-0.05, 0) is 19.9 Å². The topological polar surface area (TPSA) is 61.4 Å². The number of nitrogens with one attached hydrogen (secondary N) is 2. The van der Waals surface area contributed by atoms with Crippen molar-refractivity contribution in [1.29, 1.82) is 0 Å². The van der Waals surface area contributed by atoms with E-state index in [-0.39, 0.29) is 24.3 Å². The second-order valence-corrected chi connectivity index (χ2v) is 3.82. The maximum atomic E-state index is 11.5. The number of rotatable bonds is 4. The van der Waals surface area contributed by atoms with Crippen LogP contribution in [-0.4, -0.2) is 49.9 Å². The van der Waals surface area contributed by atoms with Crippen molar-refractivity contribution in [3.8, 4) is 0 Å². The van der Waals surface area contributed by atoms with Crippen molar-refractivity contribution in [2.75, 3.05) is 33.2 Å². The zero-order chi connectivity index (χ0) is 11.3. The minimum atomic E-state index is -0.0446. The highest BCUT2D eigenvalue weighted by molar-refractivity contribution is 5.85. The number of carbonyl (C=O) groups excluding carboxylic acids is 2. The maximum Gasteiger partial charge on any atom is 0.241 e. The summed E-state index contributed by atoms with van der Waals surface area (Å²) in [6.07, 6.45) is 0.865. The molecule has 1 saturated heterocycles. The summed E-state index contributed by atoms with van der Waals surface area (Å²) in [7, 11) is 1.73. The number of likely N-dealkylation sites (N-methyl/N-ethyl adjacent to an activating group) is 1. The third-order valence-corrected chi connectivity index (χ3v) is 2.75. The number of nitrogens with zero attached hydrogens (tertiary/aromatic N) is 1. The Bertz CT molecular complexity index is 237. The van der Waals surface area contributed by atoms with Crippen LogP contribution in [0.1, 0.15) is 13.3 Å². The molecular formula is C10H19N3O2. The Balaban J connectivity index is 2.24. The normalized spacial score (nSPS) is 20.0. The molecular weight excluding hydrogens is 194 g/mol. The first-order valence-corrected chi connectivity index (χ1v) is 5.37. The molecule has 1 rings (SSSR count). The van der Waals surface area contributed by atoms with Gasteiger partial charge in [0.15, 0.2) is 0 Å². The summed E-state index contributed by atoms with van der Waals surface area (Å²) in [6, 6.07) is 0. The van der Waals surface area contributed by atoms with Gasteiger partial charge in [-0.25, -0.2) is 0 Å². The summed E-state index contributed by atoms with van der Waals surface area (Å²) >= 11 is 0. The van der Waals surface area contributed by atoms with Crippen LogP contribution in [0.3, 0.4) is 0 Å². The second-order valence-electron chi connectivity index (χ2n) is 3.82. The van der Waals surface area contributed by atoms with Crippen LogP contribution in [0.2, 0.25) is 0 Å². The molecule has 1 heterocycles. The summed E-state index contributed by atoms with van der Waals surface area (Å²) in [5.74, 6) is -0.0283. The fraction of sp³-hybridized carbons (Fsp3) is 0.800. The van der Waals surface area contributed by atoms with Gasteiger partial charge in [-0.2, -0.15) is 0 Å². The van der Waals surface area contributed by atoms with Crippen LogP contribution in [0.25, 0.3) is 0 Å². The summed E-state index contributed by atoms with van der Waals surface area (Å²) < 4.78 is 0. The van der Waals surface area contributed by atoms with Crippen molar-refractivity contribution in [3.63, 3.8) is 0 Å². The van der Waals surface area contributed by atoms with Gasteiger partial charge in [0.25, 0.3) is 0 Å². The van der Waals surface area contributed by atoms with Crippen LogP contribution in [-0.2, 0) is 9.59 Å². The van der Waals surface area contributed by atoms with Gasteiger partial charge in [0.1, 0.15) is 0 Å². The lowest BCUT2D eigenvalue weighted by Gasteiger charge is -2.15. The Labute approximate surface area is 90.2 Å². The molecule has 1 aliphatic heterocycles. The fourth-order valence-electron chi connectivity index (χ4n) is 1.50. The monoisotopic (exact) mass is 213 g/mol. The van der Waals surface area contributed by atoms with Crippen molar-refractivity contribution < 1.29 is 9.59 Å². The van der Waals surface area contributed by atoms with E-state index in [0.717, 1.165) is 19.5 Å². The molecule has 0 bridgehead atoms. The molecule has 2 N–H and O–H groups in total. The molecule has 1 unspecified atom stereocenters. The van der Waals surface area contributed by atoms with Crippen LogP contribution in [0, 0.1) is 5.92 Å². The molecule has 0 aromatic carbocycles. The highest BCUT2D eigenvalue weighted by Gasteiger charge is 2.22. The first-order valence-electron chi connectivity index (χ1n) is 5.37. The number of carbonyl (C=O) groups is 2. The lowest BCUT2D eigenvalue weighted by atomic mass is 10.1. The van der Waals surface area contributed by atoms with E-state index in [1.165, 1.54) is 0 Å². The van der Waals surface area contributed by atoms with Gasteiger partial charge >= 0.3 is 0 Å². The number of amides is 2. The molecule has 0 aromatic heterocycles. The minimum absolute atomic E-state index is 0.0159. The average molecular weight is 213 g/mol. The van der Waals surface area contributed by atoms with Gasteiger partial charge in [0.05, 0.1) is 12.5 Å². The van der Waals surface area contributed by atoms with Gasteiger partial charge in [-0.15, -0.1) is 0 Å². The molecule has 5 heteroatoms. The van der Waals surface area contributed by atoms with Crippen LogP contribution in [0.15, 0.2) is 0 Å². The van der Waals surface area contributed by atoms with Crippen molar-refractivity contribution in [2.24, 2.45) is 5.92 Å². The van der Waals surface area contributed by atoms with Crippen molar-refractivity contribution >= 4 is 11.8 Å². The standard InChI is InChI=1S/C10H19N3O2/c1-3-13(2)9(14)7-12-10(15)8-4-5-11-6-8/h8,11H,3-7H2,1-2H3,(H,12,15). The molecule has 1 aliphatic rings. The van der Waals surface area contributed by atoms with E-state index in [1.807, 2.05) is 6.92 Å². The maximum absolute atomic E-state index is 11.5. The molecule has 0 aromatic rings. The van der Waals surface area contributed by atoms with Crippen LogP contribution in [0.4, 0.5) is 0 Å². The van der Waals surface area contributed by atoms with E-state index in [2.05, 4.69) is 10.6 Å². The smallest absolute Gasteiger partial charge is 0.241 e. The zero-order valence-corrected chi connectivity index (χ0v) is 9.38. The predicted molar refractivity (Wildman–Crippen MR) is 57.3 cm³/mol. The Kier molecular flexibility index (Phi) is 4.55. The van der Waals surface area contributed by atoms with E-state index < -0.39 is 0 Å². The molecule has 2 amide bonds. The molecule has 1 atom stereocenters. The third kappa shape index (κ3) is 3.51. The molecule has 0 radical (unpaired) electrons. The second kappa shape index (κ2) is 5.70. The van der Waals surface area contributed by atoms with Gasteiger partial charge in [-0.3, -0.25) is 9.59 Å². The number of hydrogen-bond donors (Lipinski definition) is 2. The van der Waals surface area contributed by atoms with Gasteiger partial charge in [-0.1, -0.05) is 0 Å². The lowest BCUT2D eigenvalue weighted by molar-refractivity contribution is -0.132. The molecule has 0 spiro atoms. The molecule has 1 fully saturated rings. The Morgan fingerprint density at radius 3 is 2.80 bits per heavy atom. The largest absolute Gasteiger partial charge is 0.347 e. The van der Waals surface area contributed by atoms with Crippen LogP contribution in [0.5, 0.6) is 0 Å². The summed E-state index contributed by atoms with van der Waals surface area (Å²) in [5.41, 5.74) is 0. The van der Waals surface area contributed by atoms with Gasteiger partial charge < -0.3 is 15.5 Å². The lowest BCUT2D eigenvalue weighted by Crippen LogP contribution is -2.40. The van der Waals surface area contributed by atoms with E-state index in [9.17, 15) is 9.59 Å². The third-order valence-electron chi connectivity index (χ3n) is 2.75. The Morgan fingerprint density at radius 1 is 1.53 bits per heavy atom. The SMILES string of the molecule is CCN(C)C(=O)CNC(=O)C1CCNC1. The quantitative estimate of drug-likeness (QED) is 0.642. The first-order chi connectivity index (χ1) is 7.15. The summed E-state index contributed by atoms with van der Waals surface area (Å²) in [4.78, 5) is 24.5.